The topological polar surface area (TPSA) is 75.6 Å². The van der Waals surface area contributed by atoms with Crippen molar-refractivity contribution in [3.63, 3.8) is 0 Å². The lowest BCUT2D eigenvalue weighted by atomic mass is 10.0. The maximum Gasteiger partial charge on any atom is 0.417 e. The summed E-state index contributed by atoms with van der Waals surface area (Å²) < 4.78 is 43.8. The van der Waals surface area contributed by atoms with Gasteiger partial charge in [-0.15, -0.1) is 0 Å². The largest absolute Gasteiger partial charge is 0.478 e. The maximum absolute atomic E-state index is 12.9. The van der Waals surface area contributed by atoms with Crippen LogP contribution in [0.1, 0.15) is 42.3 Å². The molecule has 0 aliphatic rings. The van der Waals surface area contributed by atoms with Crippen LogP contribution in [-0.4, -0.2) is 22.8 Å². The lowest BCUT2D eigenvalue weighted by Crippen LogP contribution is -2.28. The van der Waals surface area contributed by atoms with E-state index in [9.17, 15) is 22.8 Å². The number of ether oxygens (including phenoxy) is 1. The number of hydrogen-bond acceptors (Lipinski definition) is 3. The molecule has 5 nitrogen and oxygen atoms in total. The first-order valence-electron chi connectivity index (χ1n) is 6.46. The number of alkyl halides is 3. The summed E-state index contributed by atoms with van der Waals surface area (Å²) in [6, 6.07) is 1.34. The SMILES string of the molecule is C=Cc1cc(NC(=O)OC(C)(C)C)c(C(=O)O)cc1C(F)(F)F. The van der Waals surface area contributed by atoms with Gasteiger partial charge in [-0.3, -0.25) is 5.32 Å². The van der Waals surface area contributed by atoms with Crippen molar-refractivity contribution in [3.8, 4) is 0 Å². The number of benzene rings is 1. The summed E-state index contributed by atoms with van der Waals surface area (Å²) in [6.45, 7) is 8.04. The van der Waals surface area contributed by atoms with Crippen molar-refractivity contribution in [3.05, 3.63) is 35.4 Å². The summed E-state index contributed by atoms with van der Waals surface area (Å²) in [6.07, 6.45) is -4.80. The van der Waals surface area contributed by atoms with Gasteiger partial charge in [0.05, 0.1) is 16.8 Å². The van der Waals surface area contributed by atoms with Gasteiger partial charge >= 0.3 is 18.2 Å². The number of rotatable bonds is 3. The summed E-state index contributed by atoms with van der Waals surface area (Å²) in [7, 11) is 0. The molecule has 0 radical (unpaired) electrons. The Bertz CT molecular complexity index is 645. The first kappa shape index (κ1) is 18.5. The number of carboxylic acid groups (broad SMARTS) is 1. The predicted molar refractivity (Wildman–Crippen MR) is 78.4 cm³/mol. The third kappa shape index (κ3) is 5.01. The lowest BCUT2D eigenvalue weighted by Gasteiger charge is -2.21. The number of halogens is 3. The van der Waals surface area contributed by atoms with Crippen LogP contribution in [0.5, 0.6) is 0 Å². The van der Waals surface area contributed by atoms with Gasteiger partial charge in [0, 0.05) is 0 Å². The Kier molecular flexibility index (Phi) is 5.09. The van der Waals surface area contributed by atoms with Crippen molar-refractivity contribution in [2.45, 2.75) is 32.5 Å². The zero-order chi connectivity index (χ0) is 18.0. The molecule has 1 amide bonds. The first-order valence-corrected chi connectivity index (χ1v) is 6.46. The van der Waals surface area contributed by atoms with Crippen molar-refractivity contribution in [1.82, 2.24) is 0 Å². The number of carbonyl (C=O) groups excluding carboxylic acids is 1. The van der Waals surface area contributed by atoms with Gasteiger partial charge in [0.15, 0.2) is 0 Å². The van der Waals surface area contributed by atoms with Crippen molar-refractivity contribution in [2.24, 2.45) is 0 Å². The van der Waals surface area contributed by atoms with E-state index >= 15 is 0 Å². The van der Waals surface area contributed by atoms with Crippen molar-refractivity contribution >= 4 is 23.8 Å². The molecule has 2 N–H and O–H groups in total. The summed E-state index contributed by atoms with van der Waals surface area (Å²) in [4.78, 5) is 22.9. The zero-order valence-electron chi connectivity index (χ0n) is 12.7. The highest BCUT2D eigenvalue weighted by Crippen LogP contribution is 2.36. The third-order valence-corrected chi connectivity index (χ3v) is 2.58. The monoisotopic (exact) mass is 331 g/mol. The minimum Gasteiger partial charge on any atom is -0.478 e. The van der Waals surface area contributed by atoms with Crippen LogP contribution in [0, 0.1) is 0 Å². The van der Waals surface area contributed by atoms with E-state index in [2.05, 4.69) is 11.9 Å². The second kappa shape index (κ2) is 6.31. The predicted octanol–water partition coefficient (Wildman–Crippen LogP) is 4.39. The summed E-state index contributed by atoms with van der Waals surface area (Å²) in [5.74, 6) is -1.61. The van der Waals surface area contributed by atoms with Gasteiger partial charge in [-0.2, -0.15) is 13.2 Å². The van der Waals surface area contributed by atoms with E-state index in [0.717, 1.165) is 12.1 Å². The Labute approximate surface area is 130 Å². The number of aromatic carboxylic acids is 1. The average Bonchev–Trinajstić information content (AvgIpc) is 2.33. The number of carbonyl (C=O) groups is 2. The van der Waals surface area contributed by atoms with Gasteiger partial charge in [0.2, 0.25) is 0 Å². The molecule has 23 heavy (non-hydrogen) atoms. The molecule has 0 fully saturated rings. The van der Waals surface area contributed by atoms with E-state index in [0.29, 0.717) is 6.07 Å². The Morgan fingerprint density at radius 3 is 2.22 bits per heavy atom. The highest BCUT2D eigenvalue weighted by atomic mass is 19.4. The van der Waals surface area contributed by atoms with Crippen LogP contribution in [0.3, 0.4) is 0 Å². The van der Waals surface area contributed by atoms with E-state index in [1.165, 1.54) is 0 Å². The van der Waals surface area contributed by atoms with Crippen LogP contribution in [-0.2, 0) is 10.9 Å². The Balaban J connectivity index is 3.34. The minimum absolute atomic E-state index is 0.311. The average molecular weight is 331 g/mol. The van der Waals surface area contributed by atoms with Gasteiger partial charge < -0.3 is 9.84 Å². The number of amides is 1. The van der Waals surface area contributed by atoms with Gasteiger partial charge in [-0.25, -0.2) is 9.59 Å². The van der Waals surface area contributed by atoms with E-state index in [4.69, 9.17) is 9.84 Å². The molecule has 0 aliphatic heterocycles. The zero-order valence-corrected chi connectivity index (χ0v) is 12.7. The number of hydrogen-bond donors (Lipinski definition) is 2. The molecule has 1 rings (SSSR count). The maximum atomic E-state index is 12.9. The van der Waals surface area contributed by atoms with E-state index in [-0.39, 0.29) is 11.3 Å². The number of nitrogens with one attached hydrogen (secondary N) is 1. The van der Waals surface area contributed by atoms with E-state index in [1.54, 1.807) is 20.8 Å². The molecule has 0 saturated heterocycles. The quantitative estimate of drug-likeness (QED) is 0.861. The van der Waals surface area contributed by atoms with Gasteiger partial charge in [0.1, 0.15) is 5.60 Å². The second-order valence-electron chi connectivity index (χ2n) is 5.62. The summed E-state index contributed by atoms with van der Waals surface area (Å²) in [5.41, 5.74) is -3.36. The Morgan fingerprint density at radius 1 is 1.26 bits per heavy atom. The number of anilines is 1. The molecule has 0 aromatic heterocycles. The van der Waals surface area contributed by atoms with Gasteiger partial charge in [-0.05, 0) is 38.5 Å². The summed E-state index contributed by atoms with van der Waals surface area (Å²) in [5, 5.41) is 11.2. The van der Waals surface area contributed by atoms with Crippen molar-refractivity contribution < 1.29 is 32.6 Å². The fraction of sp³-hybridized carbons (Fsp3) is 0.333. The number of carboxylic acids is 1. The molecular formula is C15H16F3NO4. The Morgan fingerprint density at radius 2 is 1.83 bits per heavy atom. The van der Waals surface area contributed by atoms with Crippen LogP contribution >= 0.6 is 0 Å². The normalized spacial score (nSPS) is 11.7. The molecule has 1 aromatic rings. The second-order valence-corrected chi connectivity index (χ2v) is 5.62. The fourth-order valence-electron chi connectivity index (χ4n) is 1.72. The van der Waals surface area contributed by atoms with Crippen molar-refractivity contribution in [1.29, 1.82) is 0 Å². The summed E-state index contributed by atoms with van der Waals surface area (Å²) >= 11 is 0. The van der Waals surface area contributed by atoms with Crippen LogP contribution in [0.2, 0.25) is 0 Å². The van der Waals surface area contributed by atoms with Crippen LogP contribution in [0.15, 0.2) is 18.7 Å². The highest BCUT2D eigenvalue weighted by Gasteiger charge is 2.34. The molecule has 0 bridgehead atoms. The molecule has 0 heterocycles. The Hall–Kier alpha value is -2.51. The van der Waals surface area contributed by atoms with E-state index < -0.39 is 35.0 Å². The highest BCUT2D eigenvalue weighted by molar-refractivity contribution is 5.99. The van der Waals surface area contributed by atoms with Crippen molar-refractivity contribution in [2.75, 3.05) is 5.32 Å². The van der Waals surface area contributed by atoms with Crippen LogP contribution in [0.4, 0.5) is 23.7 Å². The fourth-order valence-corrected chi connectivity index (χ4v) is 1.72. The molecule has 1 aromatic carbocycles. The van der Waals surface area contributed by atoms with E-state index in [1.807, 2.05) is 0 Å². The third-order valence-electron chi connectivity index (χ3n) is 2.58. The lowest BCUT2D eigenvalue weighted by molar-refractivity contribution is -0.137. The first-order chi connectivity index (χ1) is 10.3. The molecular weight excluding hydrogens is 315 g/mol. The van der Waals surface area contributed by atoms with Crippen LogP contribution in [0.25, 0.3) is 6.08 Å². The molecule has 0 spiro atoms. The van der Waals surface area contributed by atoms with Gasteiger partial charge in [-0.1, -0.05) is 12.7 Å². The molecule has 0 unspecified atom stereocenters. The molecule has 0 saturated carbocycles. The smallest absolute Gasteiger partial charge is 0.417 e. The molecule has 0 atom stereocenters. The molecule has 8 heteroatoms. The van der Waals surface area contributed by atoms with Gasteiger partial charge in [0.25, 0.3) is 0 Å². The molecule has 126 valence electrons. The molecule has 0 aliphatic carbocycles. The standard InChI is InChI=1S/C15H16F3NO4/c1-5-8-6-11(19-13(22)23-14(2,3)4)9(12(20)21)7-10(8)15(16,17)18/h5-7H,1H2,2-4H3,(H,19,22)(H,20,21). The van der Waals surface area contributed by atoms with Crippen LogP contribution < -0.4 is 5.32 Å². The minimum atomic E-state index is -4.75.